The van der Waals surface area contributed by atoms with E-state index in [4.69, 9.17) is 33.1 Å². The quantitative estimate of drug-likeness (QED) is 0.821. The predicted molar refractivity (Wildman–Crippen MR) is 92.4 cm³/mol. The van der Waals surface area contributed by atoms with E-state index in [0.29, 0.717) is 17.2 Å². The lowest BCUT2D eigenvalue weighted by Crippen LogP contribution is -2.39. The normalized spacial score (nSPS) is 23.7. The topological polar surface area (TPSA) is 81.4 Å². The highest BCUT2D eigenvalue weighted by molar-refractivity contribution is 7.89. The molecule has 0 aromatic heterocycles. The van der Waals surface area contributed by atoms with Crippen molar-refractivity contribution in [2.75, 3.05) is 19.8 Å². The monoisotopic (exact) mass is 380 g/mol. The fourth-order valence-electron chi connectivity index (χ4n) is 2.74. The van der Waals surface area contributed by atoms with Gasteiger partial charge in [-0.3, -0.25) is 0 Å². The Morgan fingerprint density at radius 1 is 1.39 bits per heavy atom. The highest BCUT2D eigenvalue weighted by Gasteiger charge is 2.28. The molecule has 0 aliphatic carbocycles. The highest BCUT2D eigenvalue weighted by atomic mass is 35.5. The molecule has 2 rings (SSSR count). The van der Waals surface area contributed by atoms with Crippen LogP contribution >= 0.6 is 23.2 Å². The number of ether oxygens (including phenoxy) is 1. The standard InChI is InChI=1S/C15H22Cl2N2O3S/c1-10(19-8-15(2)4-3-5-22-9-15)11-6-14(23(18,20)21)13(17)7-12(11)16/h6-7,10,19H,3-5,8-9H2,1-2H3,(H2,18,20,21). The second-order valence-corrected chi connectivity index (χ2v) is 8.76. The first-order valence-electron chi connectivity index (χ1n) is 7.45. The number of nitrogens with one attached hydrogen (secondary N) is 1. The molecule has 0 saturated carbocycles. The molecule has 1 aromatic carbocycles. The molecule has 0 bridgehead atoms. The molecule has 5 nitrogen and oxygen atoms in total. The van der Waals surface area contributed by atoms with Gasteiger partial charge in [0, 0.05) is 29.6 Å². The molecule has 1 aliphatic rings. The van der Waals surface area contributed by atoms with Crippen molar-refractivity contribution < 1.29 is 13.2 Å². The summed E-state index contributed by atoms with van der Waals surface area (Å²) in [5, 5.41) is 9.04. The Kier molecular flexibility index (Phi) is 5.98. The smallest absolute Gasteiger partial charge is 0.239 e. The summed E-state index contributed by atoms with van der Waals surface area (Å²) in [4.78, 5) is -0.112. The third-order valence-corrected chi connectivity index (χ3v) is 5.88. The highest BCUT2D eigenvalue weighted by Crippen LogP contribution is 2.33. The van der Waals surface area contributed by atoms with E-state index in [1.165, 1.54) is 12.1 Å². The van der Waals surface area contributed by atoms with Gasteiger partial charge in [-0.05, 0) is 37.5 Å². The predicted octanol–water partition coefficient (Wildman–Crippen LogP) is 3.11. The van der Waals surface area contributed by atoms with Crippen molar-refractivity contribution in [3.63, 3.8) is 0 Å². The summed E-state index contributed by atoms with van der Waals surface area (Å²) in [7, 11) is -3.89. The van der Waals surface area contributed by atoms with Crippen molar-refractivity contribution in [2.45, 2.75) is 37.6 Å². The number of benzene rings is 1. The van der Waals surface area contributed by atoms with Crippen LogP contribution < -0.4 is 10.5 Å². The Morgan fingerprint density at radius 3 is 2.65 bits per heavy atom. The van der Waals surface area contributed by atoms with E-state index in [2.05, 4.69) is 12.2 Å². The summed E-state index contributed by atoms with van der Waals surface area (Å²) in [5.41, 5.74) is 0.717. The number of hydrogen-bond acceptors (Lipinski definition) is 4. The number of primary sulfonamides is 1. The molecule has 3 N–H and O–H groups in total. The first kappa shape index (κ1) is 19.0. The number of sulfonamides is 1. The zero-order valence-electron chi connectivity index (χ0n) is 13.2. The van der Waals surface area contributed by atoms with Gasteiger partial charge in [0.15, 0.2) is 0 Å². The number of hydrogen-bond donors (Lipinski definition) is 2. The Morgan fingerprint density at radius 2 is 2.09 bits per heavy atom. The summed E-state index contributed by atoms with van der Waals surface area (Å²) in [6.07, 6.45) is 2.13. The number of halogens is 2. The maximum absolute atomic E-state index is 11.6. The van der Waals surface area contributed by atoms with Crippen LogP contribution in [0.1, 0.15) is 38.3 Å². The lowest BCUT2D eigenvalue weighted by atomic mass is 9.84. The number of nitrogens with two attached hydrogens (primary N) is 1. The molecule has 23 heavy (non-hydrogen) atoms. The molecule has 1 fully saturated rings. The summed E-state index contributed by atoms with van der Waals surface area (Å²) >= 11 is 12.1. The Balaban J connectivity index is 2.17. The van der Waals surface area contributed by atoms with Crippen LogP contribution in [0.15, 0.2) is 17.0 Å². The zero-order chi connectivity index (χ0) is 17.3. The van der Waals surface area contributed by atoms with Gasteiger partial charge in [-0.15, -0.1) is 0 Å². The third-order valence-electron chi connectivity index (χ3n) is 4.18. The van der Waals surface area contributed by atoms with E-state index in [1.807, 2.05) is 6.92 Å². The van der Waals surface area contributed by atoms with Crippen molar-refractivity contribution in [1.82, 2.24) is 5.32 Å². The number of rotatable bonds is 5. The lowest BCUT2D eigenvalue weighted by molar-refractivity contribution is 0.00201. The van der Waals surface area contributed by atoms with Crippen LogP contribution in [-0.2, 0) is 14.8 Å². The molecule has 130 valence electrons. The van der Waals surface area contributed by atoms with Gasteiger partial charge in [0.1, 0.15) is 4.90 Å². The van der Waals surface area contributed by atoms with Crippen LogP contribution in [0.4, 0.5) is 0 Å². The molecule has 1 heterocycles. The average Bonchev–Trinajstić information content (AvgIpc) is 2.44. The van der Waals surface area contributed by atoms with Crippen molar-refractivity contribution in [3.05, 3.63) is 27.7 Å². The molecular formula is C15H22Cl2N2O3S. The third kappa shape index (κ3) is 4.81. The van der Waals surface area contributed by atoms with Crippen molar-refractivity contribution in [2.24, 2.45) is 10.6 Å². The largest absolute Gasteiger partial charge is 0.381 e. The van der Waals surface area contributed by atoms with Crippen molar-refractivity contribution >= 4 is 33.2 Å². The Labute approximate surface area is 147 Å². The first-order valence-corrected chi connectivity index (χ1v) is 9.75. The summed E-state index contributed by atoms with van der Waals surface area (Å²) < 4.78 is 28.8. The van der Waals surface area contributed by atoms with Crippen LogP contribution in [0.2, 0.25) is 10.0 Å². The fourth-order valence-corrected chi connectivity index (χ4v) is 4.23. The van der Waals surface area contributed by atoms with Gasteiger partial charge in [-0.2, -0.15) is 0 Å². The molecule has 8 heteroatoms. The fraction of sp³-hybridized carbons (Fsp3) is 0.600. The van der Waals surface area contributed by atoms with Crippen LogP contribution in [0, 0.1) is 5.41 Å². The molecule has 2 atom stereocenters. The first-order chi connectivity index (χ1) is 10.6. The van der Waals surface area contributed by atoms with Gasteiger partial charge in [0.2, 0.25) is 10.0 Å². The van der Waals surface area contributed by atoms with Crippen molar-refractivity contribution in [3.8, 4) is 0 Å². The van der Waals surface area contributed by atoms with Gasteiger partial charge < -0.3 is 10.1 Å². The van der Waals surface area contributed by atoms with Gasteiger partial charge in [0.05, 0.1) is 11.6 Å². The second kappa shape index (κ2) is 7.25. The Bertz CT molecular complexity index is 674. The van der Waals surface area contributed by atoms with Gasteiger partial charge in [0.25, 0.3) is 0 Å². The minimum Gasteiger partial charge on any atom is -0.381 e. The maximum atomic E-state index is 11.6. The summed E-state index contributed by atoms with van der Waals surface area (Å²) in [5.74, 6) is 0. The minimum absolute atomic E-state index is 0.0288. The molecule has 0 amide bonds. The summed E-state index contributed by atoms with van der Waals surface area (Å²) in [6, 6.07) is 2.72. The molecule has 0 spiro atoms. The molecule has 1 aromatic rings. The molecule has 0 radical (unpaired) electrons. The van der Waals surface area contributed by atoms with E-state index >= 15 is 0 Å². The van der Waals surface area contributed by atoms with E-state index in [1.54, 1.807) is 0 Å². The van der Waals surface area contributed by atoms with Crippen LogP contribution in [-0.4, -0.2) is 28.2 Å². The summed E-state index contributed by atoms with van der Waals surface area (Å²) in [6.45, 7) is 6.37. The minimum atomic E-state index is -3.89. The lowest BCUT2D eigenvalue weighted by Gasteiger charge is -2.34. The molecule has 1 aliphatic heterocycles. The molecule has 2 unspecified atom stereocenters. The average molecular weight is 381 g/mol. The van der Waals surface area contributed by atoms with Crippen molar-refractivity contribution in [1.29, 1.82) is 0 Å². The van der Waals surface area contributed by atoms with E-state index in [-0.39, 0.29) is 21.4 Å². The van der Waals surface area contributed by atoms with E-state index in [9.17, 15) is 8.42 Å². The SMILES string of the molecule is CC(NCC1(C)CCCOC1)c1cc(S(N)(=O)=O)c(Cl)cc1Cl. The zero-order valence-corrected chi connectivity index (χ0v) is 15.6. The Hall–Kier alpha value is -0.370. The van der Waals surface area contributed by atoms with Gasteiger partial charge in [-0.1, -0.05) is 30.1 Å². The van der Waals surface area contributed by atoms with E-state index < -0.39 is 10.0 Å². The molecule has 1 saturated heterocycles. The van der Waals surface area contributed by atoms with E-state index in [0.717, 1.165) is 26.0 Å². The maximum Gasteiger partial charge on any atom is 0.239 e. The van der Waals surface area contributed by atoms with Gasteiger partial charge in [-0.25, -0.2) is 13.6 Å². The van der Waals surface area contributed by atoms with Crippen LogP contribution in [0.3, 0.4) is 0 Å². The van der Waals surface area contributed by atoms with Gasteiger partial charge >= 0.3 is 0 Å². The molecular weight excluding hydrogens is 359 g/mol. The second-order valence-electron chi connectivity index (χ2n) is 6.42. The van der Waals surface area contributed by atoms with Crippen LogP contribution in [0.25, 0.3) is 0 Å². The van der Waals surface area contributed by atoms with Crippen LogP contribution in [0.5, 0.6) is 0 Å².